The normalized spacial score (nSPS) is 18.5. The van der Waals surface area contributed by atoms with Crippen molar-refractivity contribution in [3.63, 3.8) is 0 Å². The molecule has 0 bridgehead atoms. The van der Waals surface area contributed by atoms with Crippen LogP contribution in [0, 0.1) is 6.92 Å². The monoisotopic (exact) mass is 471 g/mol. The average molecular weight is 471 g/mol. The Hall–Kier alpha value is -0.982. The fraction of sp³-hybridized carbons (Fsp3) is 0.611. The Bertz CT molecular complexity index is 800. The predicted molar refractivity (Wildman–Crippen MR) is 111 cm³/mol. The van der Waals surface area contributed by atoms with Crippen molar-refractivity contribution in [2.45, 2.75) is 60.6 Å². The maximum absolute atomic E-state index is 11.2. The van der Waals surface area contributed by atoms with Crippen LogP contribution in [0.2, 0.25) is 4.71 Å². The van der Waals surface area contributed by atoms with Crippen LogP contribution < -0.4 is 3.80 Å². The third-order valence-corrected chi connectivity index (χ3v) is 10.6. The number of piperidine rings is 1. The average Bonchev–Trinajstić information content (AvgIpc) is 3.20. The van der Waals surface area contributed by atoms with Gasteiger partial charge in [0.2, 0.25) is 0 Å². The van der Waals surface area contributed by atoms with Crippen molar-refractivity contribution in [1.29, 1.82) is 0 Å². The number of oxazole rings is 1. The molecule has 1 unspecified atom stereocenters. The molecule has 148 valence electrons. The van der Waals surface area contributed by atoms with E-state index in [4.69, 9.17) is 9.40 Å². The molecule has 2 atom stereocenters. The number of likely N-dealkylation sites (tertiary alicyclic amines) is 1. The van der Waals surface area contributed by atoms with E-state index in [0.29, 0.717) is 23.5 Å². The molecule has 3 rings (SSSR count). The molecule has 1 amide bonds. The summed E-state index contributed by atoms with van der Waals surface area (Å²) in [6.45, 7) is 9.74. The Morgan fingerprint density at radius 1 is 1.52 bits per heavy atom. The van der Waals surface area contributed by atoms with E-state index in [-0.39, 0.29) is 5.41 Å². The number of amides is 1. The van der Waals surface area contributed by atoms with E-state index in [1.54, 1.807) is 28.0 Å². The van der Waals surface area contributed by atoms with E-state index in [0.717, 1.165) is 30.2 Å². The van der Waals surface area contributed by atoms with E-state index in [1.807, 2.05) is 6.20 Å². The minimum atomic E-state index is -0.793. The Labute approximate surface area is 174 Å². The number of carboxylic acid groups (broad SMARTS) is 1. The van der Waals surface area contributed by atoms with Crippen molar-refractivity contribution >= 4 is 48.7 Å². The second kappa shape index (κ2) is 8.58. The minimum absolute atomic E-state index is 0.0294. The van der Waals surface area contributed by atoms with Gasteiger partial charge in [0, 0.05) is 0 Å². The summed E-state index contributed by atoms with van der Waals surface area (Å²) in [5.74, 6) is 2.36. The summed E-state index contributed by atoms with van der Waals surface area (Å²) >= 11 is 3.07. The molecule has 1 fully saturated rings. The molecule has 1 saturated heterocycles. The summed E-state index contributed by atoms with van der Waals surface area (Å²) in [6, 6.07) is 0. The van der Waals surface area contributed by atoms with Crippen LogP contribution in [-0.2, 0) is 11.2 Å². The third kappa shape index (κ3) is 5.52. The standard InChI is InChI=1S/C18H26AsN3O3S2/c1-11-15(26-10-14-20-8-13(25-14)18(2,3)4)27-16(21-11)19-12-6-5-7-22(9-12)17(23)24/h8,12,19H,5-7,9-10H2,1-4H3,(H,23,24)/t12-/m1/s1. The van der Waals surface area contributed by atoms with Gasteiger partial charge >= 0.3 is 175 Å². The van der Waals surface area contributed by atoms with Crippen LogP contribution >= 0.6 is 23.1 Å². The molecule has 0 saturated carbocycles. The molecular weight excluding hydrogens is 445 g/mol. The molecule has 0 aromatic carbocycles. The summed E-state index contributed by atoms with van der Waals surface area (Å²) < 4.78 is 8.79. The molecule has 9 heteroatoms. The molecule has 1 aliphatic rings. The van der Waals surface area contributed by atoms with Gasteiger partial charge in [-0.25, -0.2) is 0 Å². The Kier molecular flexibility index (Phi) is 6.59. The molecule has 3 heterocycles. The fourth-order valence-electron chi connectivity index (χ4n) is 2.87. The van der Waals surface area contributed by atoms with E-state index in [1.165, 1.54) is 8.00 Å². The Balaban J connectivity index is 1.58. The van der Waals surface area contributed by atoms with Crippen molar-refractivity contribution in [1.82, 2.24) is 14.9 Å². The second-order valence-corrected chi connectivity index (χ2v) is 14.1. The number of nitrogens with zero attached hydrogens (tertiary/aromatic N) is 3. The molecule has 2 aromatic rings. The van der Waals surface area contributed by atoms with Gasteiger partial charge in [0.15, 0.2) is 0 Å². The van der Waals surface area contributed by atoms with Crippen LogP contribution in [0.3, 0.4) is 0 Å². The zero-order chi connectivity index (χ0) is 19.6. The number of rotatable bonds is 5. The van der Waals surface area contributed by atoms with Crippen LogP contribution in [0.15, 0.2) is 14.8 Å². The van der Waals surface area contributed by atoms with Crippen molar-refractivity contribution in [2.24, 2.45) is 0 Å². The summed E-state index contributed by atoms with van der Waals surface area (Å²) in [5, 5.41) is 9.21. The van der Waals surface area contributed by atoms with E-state index >= 15 is 0 Å². The fourth-order valence-corrected chi connectivity index (χ4v) is 9.72. The molecule has 2 aromatic heterocycles. The molecule has 1 aliphatic heterocycles. The number of thiazole rings is 1. The number of hydrogen-bond donors (Lipinski definition) is 1. The van der Waals surface area contributed by atoms with Gasteiger partial charge in [0.1, 0.15) is 0 Å². The van der Waals surface area contributed by atoms with Crippen molar-refractivity contribution < 1.29 is 14.3 Å². The first-order valence-electron chi connectivity index (χ1n) is 9.02. The van der Waals surface area contributed by atoms with Crippen molar-refractivity contribution in [3.05, 3.63) is 23.5 Å². The molecule has 0 spiro atoms. The number of thioether (sulfide) groups is 1. The van der Waals surface area contributed by atoms with Gasteiger partial charge in [-0.2, -0.15) is 0 Å². The van der Waals surface area contributed by atoms with Gasteiger partial charge in [-0.05, 0) is 0 Å². The molecule has 0 radical (unpaired) electrons. The van der Waals surface area contributed by atoms with Gasteiger partial charge in [0.05, 0.1) is 0 Å². The van der Waals surface area contributed by atoms with E-state index < -0.39 is 21.8 Å². The summed E-state index contributed by atoms with van der Waals surface area (Å²) in [6.07, 6.45) is 3.12. The molecule has 1 N–H and O–H groups in total. The Morgan fingerprint density at radius 3 is 2.96 bits per heavy atom. The molecule has 27 heavy (non-hydrogen) atoms. The zero-order valence-corrected chi connectivity index (χ0v) is 19.8. The number of aromatic nitrogens is 2. The van der Waals surface area contributed by atoms with Gasteiger partial charge in [-0.15, -0.1) is 0 Å². The second-order valence-electron chi connectivity index (χ2n) is 7.76. The Morgan fingerprint density at radius 2 is 2.30 bits per heavy atom. The summed E-state index contributed by atoms with van der Waals surface area (Å²) in [7, 11) is 0. The SMILES string of the molecule is Cc1nc([AsH][C@@H]2CCCN(C(=O)O)C2)sc1SCc1ncc(C(C)(C)C)o1. The third-order valence-electron chi connectivity index (χ3n) is 4.39. The molecular formula is C18H26AsN3O3S2. The number of carbonyl (C=O) groups is 1. The van der Waals surface area contributed by atoms with Gasteiger partial charge in [-0.1, -0.05) is 0 Å². The number of hydrogen-bond acceptors (Lipinski definition) is 6. The molecule has 0 aliphatic carbocycles. The van der Waals surface area contributed by atoms with Gasteiger partial charge < -0.3 is 0 Å². The summed E-state index contributed by atoms with van der Waals surface area (Å²) in [4.78, 5) is 21.9. The topological polar surface area (TPSA) is 79.5 Å². The van der Waals surface area contributed by atoms with Crippen LogP contribution in [0.4, 0.5) is 4.79 Å². The first-order chi connectivity index (χ1) is 12.7. The first kappa shape index (κ1) is 20.7. The first-order valence-corrected chi connectivity index (χ1v) is 13.1. The van der Waals surface area contributed by atoms with Crippen LogP contribution in [0.1, 0.15) is 51.0 Å². The van der Waals surface area contributed by atoms with Gasteiger partial charge in [0.25, 0.3) is 0 Å². The predicted octanol–water partition coefficient (Wildman–Crippen LogP) is 3.65. The van der Waals surface area contributed by atoms with Gasteiger partial charge in [-0.3, -0.25) is 0 Å². The van der Waals surface area contributed by atoms with E-state index in [9.17, 15) is 9.90 Å². The van der Waals surface area contributed by atoms with Crippen LogP contribution in [0.5, 0.6) is 0 Å². The zero-order valence-electron chi connectivity index (χ0n) is 16.1. The maximum atomic E-state index is 11.2. The van der Waals surface area contributed by atoms with Crippen molar-refractivity contribution in [2.75, 3.05) is 13.1 Å². The summed E-state index contributed by atoms with van der Waals surface area (Å²) in [5.41, 5.74) is 1.04. The van der Waals surface area contributed by atoms with Crippen LogP contribution in [-0.4, -0.2) is 54.9 Å². The van der Waals surface area contributed by atoms with Crippen LogP contribution in [0.25, 0.3) is 0 Å². The van der Waals surface area contributed by atoms with E-state index in [2.05, 4.69) is 32.7 Å². The molecule has 6 nitrogen and oxygen atoms in total. The van der Waals surface area contributed by atoms with Crippen molar-refractivity contribution in [3.8, 4) is 0 Å². The number of aryl methyl sites for hydroxylation is 1. The quantitative estimate of drug-likeness (QED) is 0.530.